The van der Waals surface area contributed by atoms with E-state index in [9.17, 15) is 33.9 Å². The van der Waals surface area contributed by atoms with Crippen molar-refractivity contribution in [3.8, 4) is 5.75 Å². The quantitative estimate of drug-likeness (QED) is 0.0652. The fourth-order valence-electron chi connectivity index (χ4n) is 7.55. The van der Waals surface area contributed by atoms with Crippen molar-refractivity contribution in [1.29, 1.82) is 0 Å². The molecule has 3 aliphatic rings. The Balaban J connectivity index is 1.04. The number of hydrogen-bond acceptors (Lipinski definition) is 11. The number of amides is 4. The summed E-state index contributed by atoms with van der Waals surface area (Å²) in [6, 6.07) is 13.7. The summed E-state index contributed by atoms with van der Waals surface area (Å²) in [6.07, 6.45) is 24.4. The van der Waals surface area contributed by atoms with Gasteiger partial charge in [0, 0.05) is 49.0 Å². The predicted molar refractivity (Wildman–Crippen MR) is 256 cm³/mol. The number of rotatable bonds is 28. The van der Waals surface area contributed by atoms with Crippen molar-refractivity contribution in [1.82, 2.24) is 30.4 Å². The summed E-state index contributed by atoms with van der Waals surface area (Å²) in [5.74, 6) is -1.25. The van der Waals surface area contributed by atoms with Gasteiger partial charge in [0.2, 0.25) is 5.91 Å². The fourth-order valence-corrected chi connectivity index (χ4v) is 7.55. The minimum Gasteiger partial charge on any atom is -0.492 e. The highest BCUT2D eigenvalue weighted by atomic mass is 16.5. The number of hydrogen-bond donors (Lipinski definition) is 5. The van der Waals surface area contributed by atoms with E-state index in [1.54, 1.807) is 48.5 Å². The normalized spacial score (nSPS) is 14.6. The van der Waals surface area contributed by atoms with Crippen LogP contribution in [0.25, 0.3) is 0 Å². The van der Waals surface area contributed by atoms with Crippen LogP contribution in [0, 0.1) is 24.7 Å². The summed E-state index contributed by atoms with van der Waals surface area (Å²) in [7, 11) is 0. The molecule has 0 aliphatic heterocycles. The Morgan fingerprint density at radius 1 is 0.754 bits per heavy atom. The number of carboxylic acids is 1. The van der Waals surface area contributed by atoms with Gasteiger partial charge in [-0.15, -0.1) is 0 Å². The van der Waals surface area contributed by atoms with Gasteiger partial charge in [0.15, 0.2) is 0 Å². The molecular weight excluding hydrogens is 889 g/mol. The Labute approximate surface area is 400 Å². The molecule has 366 valence electrons. The van der Waals surface area contributed by atoms with Gasteiger partial charge in [-0.05, 0) is 30.2 Å². The summed E-state index contributed by atoms with van der Waals surface area (Å²) in [4.78, 5) is 80.3. The zero-order valence-corrected chi connectivity index (χ0v) is 38.5. The third-order valence-electron chi connectivity index (χ3n) is 11.2. The second kappa shape index (κ2) is 26.3. The number of urea groups is 1. The van der Waals surface area contributed by atoms with Crippen LogP contribution in [0.15, 0.2) is 143 Å². The number of aryl methyl sites for hydroxylation is 1. The van der Waals surface area contributed by atoms with Crippen molar-refractivity contribution < 1.29 is 48.0 Å². The highest BCUT2D eigenvalue weighted by Crippen LogP contribution is 2.19. The standard InChI is InChI=1S/C51H60N6O12/c1-37-28-56(49(63)54-46(37)59)29-45(58)57(25-23-53-50(64)69-33-42-11-3-2-4-12-42)44(47(60)61)27-38-19-21-43(22-20-38)68-26-24-52-48(62)55-51(34-65-30-39-13-5-6-14-39,35-66-31-40-15-7-8-16-40)36-67-32-41-17-9-10-18-41/h2-22,28,39-41,44H,23-27,29-36H2,1H3,(H,53,64)(H,60,61)(H2,52,55,62)(H,54,59,63)/t44-/m0/s1. The van der Waals surface area contributed by atoms with E-state index >= 15 is 0 Å². The highest BCUT2D eigenvalue weighted by Gasteiger charge is 2.35. The summed E-state index contributed by atoms with van der Waals surface area (Å²) < 4.78 is 30.7. The number of carbonyl (C=O) groups is 4. The molecule has 2 aromatic carbocycles. The third kappa shape index (κ3) is 16.8. The van der Waals surface area contributed by atoms with Crippen LogP contribution >= 0.6 is 0 Å². The molecule has 3 aromatic rings. The van der Waals surface area contributed by atoms with Crippen LogP contribution in [0.4, 0.5) is 9.59 Å². The number of H-pyrrole nitrogens is 1. The fraction of sp³-hybridized carbons (Fsp3) is 0.373. The van der Waals surface area contributed by atoms with E-state index < -0.39 is 53.4 Å². The number of aromatic nitrogens is 2. The van der Waals surface area contributed by atoms with Gasteiger partial charge in [-0.3, -0.25) is 19.1 Å². The van der Waals surface area contributed by atoms with Crippen LogP contribution in [0.2, 0.25) is 0 Å². The molecule has 0 fully saturated rings. The molecule has 18 nitrogen and oxygen atoms in total. The van der Waals surface area contributed by atoms with Crippen LogP contribution in [-0.2, 0) is 48.1 Å². The van der Waals surface area contributed by atoms with E-state index in [1.165, 1.54) is 13.1 Å². The molecule has 0 spiro atoms. The van der Waals surface area contributed by atoms with Gasteiger partial charge >= 0.3 is 23.8 Å². The van der Waals surface area contributed by atoms with Gasteiger partial charge in [0.05, 0.1) is 46.2 Å². The minimum absolute atomic E-state index is 0.000791. The summed E-state index contributed by atoms with van der Waals surface area (Å²) in [6.45, 7) is 2.38. The number of benzene rings is 2. The van der Waals surface area contributed by atoms with Crippen LogP contribution < -0.4 is 31.9 Å². The van der Waals surface area contributed by atoms with Crippen molar-refractivity contribution in [2.24, 2.45) is 17.8 Å². The molecule has 5 N–H and O–H groups in total. The number of nitrogens with one attached hydrogen (secondary N) is 4. The zero-order valence-electron chi connectivity index (χ0n) is 38.5. The molecule has 0 saturated carbocycles. The number of alkyl carbamates (subject to hydrolysis) is 1. The Hall–Kier alpha value is -7.28. The number of nitrogens with zero attached hydrogens (tertiary/aromatic N) is 2. The monoisotopic (exact) mass is 948 g/mol. The van der Waals surface area contributed by atoms with E-state index in [0.717, 1.165) is 15.0 Å². The molecule has 1 aromatic heterocycles. The lowest BCUT2D eigenvalue weighted by Crippen LogP contribution is -2.61. The van der Waals surface area contributed by atoms with Gasteiger partial charge in [0.1, 0.15) is 37.1 Å². The van der Waals surface area contributed by atoms with Crippen LogP contribution in [0.1, 0.15) is 16.7 Å². The maximum Gasteiger partial charge on any atom is 0.407 e. The van der Waals surface area contributed by atoms with Gasteiger partial charge in [-0.25, -0.2) is 19.2 Å². The topological polar surface area (TPSA) is 229 Å². The summed E-state index contributed by atoms with van der Waals surface area (Å²) >= 11 is 0. The van der Waals surface area contributed by atoms with Crippen molar-refractivity contribution in [2.45, 2.75) is 38.1 Å². The first-order valence-electron chi connectivity index (χ1n) is 22.8. The molecule has 4 amide bonds. The molecule has 6 rings (SSSR count). The van der Waals surface area contributed by atoms with Crippen LogP contribution in [0.5, 0.6) is 5.75 Å². The summed E-state index contributed by atoms with van der Waals surface area (Å²) in [5.41, 5.74) is -0.992. The molecule has 0 saturated heterocycles. The zero-order chi connectivity index (χ0) is 48.9. The first-order valence-corrected chi connectivity index (χ1v) is 22.8. The molecule has 69 heavy (non-hydrogen) atoms. The van der Waals surface area contributed by atoms with E-state index in [-0.39, 0.29) is 82.4 Å². The molecular formula is C51H60N6O12. The van der Waals surface area contributed by atoms with Gasteiger partial charge < -0.3 is 49.6 Å². The van der Waals surface area contributed by atoms with Crippen molar-refractivity contribution in [3.63, 3.8) is 0 Å². The molecule has 0 bridgehead atoms. The third-order valence-corrected chi connectivity index (χ3v) is 11.2. The highest BCUT2D eigenvalue weighted by molar-refractivity contribution is 5.84. The van der Waals surface area contributed by atoms with E-state index in [2.05, 4.69) is 20.9 Å². The largest absolute Gasteiger partial charge is 0.492 e. The maximum absolute atomic E-state index is 13.8. The second-order valence-electron chi connectivity index (χ2n) is 16.8. The average Bonchev–Trinajstić information content (AvgIpc) is 4.17. The Bertz CT molecular complexity index is 2370. The maximum atomic E-state index is 13.8. The lowest BCUT2D eigenvalue weighted by Gasteiger charge is -2.35. The van der Waals surface area contributed by atoms with E-state index in [4.69, 9.17) is 23.7 Å². The van der Waals surface area contributed by atoms with Crippen molar-refractivity contribution in [3.05, 3.63) is 171 Å². The van der Waals surface area contributed by atoms with Gasteiger partial charge in [-0.1, -0.05) is 115 Å². The molecule has 3 aliphatic carbocycles. The van der Waals surface area contributed by atoms with Crippen molar-refractivity contribution >= 4 is 24.0 Å². The first-order chi connectivity index (χ1) is 33.4. The first kappa shape index (κ1) is 51.1. The SMILES string of the molecule is Cc1cn(CC(=O)N(CCNC(=O)OCc2ccccc2)[C@@H](Cc2ccc(OCCNC(=O)NC(COCC3C=CC=C3)(COCC3C=CC=C3)COCC3C=CC=C3)cc2)C(=O)O)c(=O)[nH]c1=O. The lowest BCUT2D eigenvalue weighted by atomic mass is 10.0. The second-order valence-corrected chi connectivity index (χ2v) is 16.8. The minimum atomic E-state index is -1.42. The lowest BCUT2D eigenvalue weighted by molar-refractivity contribution is -0.150. The number of aliphatic carboxylic acids is 1. The Kier molecular flexibility index (Phi) is 19.5. The molecule has 18 heteroatoms. The average molecular weight is 949 g/mol. The molecule has 0 radical (unpaired) electrons. The van der Waals surface area contributed by atoms with Crippen molar-refractivity contribution in [2.75, 3.05) is 65.9 Å². The Morgan fingerprint density at radius 3 is 1.87 bits per heavy atom. The summed E-state index contributed by atoms with van der Waals surface area (Å²) in [5, 5.41) is 18.9. The van der Waals surface area contributed by atoms with Gasteiger partial charge in [-0.2, -0.15) is 0 Å². The molecule has 1 heterocycles. The Morgan fingerprint density at radius 2 is 1.32 bits per heavy atom. The van der Waals surface area contributed by atoms with E-state index in [1.807, 2.05) is 79.0 Å². The van der Waals surface area contributed by atoms with Crippen LogP contribution in [-0.4, -0.2) is 121 Å². The predicted octanol–water partition coefficient (Wildman–Crippen LogP) is 3.99. The number of allylic oxidation sites excluding steroid dienone is 6. The molecule has 1 atom stereocenters. The van der Waals surface area contributed by atoms with E-state index in [0.29, 0.717) is 31.1 Å². The molecule has 0 unspecified atom stereocenters. The number of carbonyl (C=O) groups excluding carboxylic acids is 3. The number of aromatic amines is 1. The number of carboxylic acid groups (broad SMARTS) is 1. The van der Waals surface area contributed by atoms with Gasteiger partial charge in [0.25, 0.3) is 5.56 Å². The smallest absolute Gasteiger partial charge is 0.407 e. The van der Waals surface area contributed by atoms with Crippen LogP contribution in [0.3, 0.4) is 0 Å². The number of ether oxygens (including phenoxy) is 5.